The first-order chi connectivity index (χ1) is 12.0. The van der Waals surface area contributed by atoms with E-state index in [1.807, 2.05) is 26.8 Å². The van der Waals surface area contributed by atoms with Crippen LogP contribution >= 0.6 is 0 Å². The van der Waals surface area contributed by atoms with Gasteiger partial charge in [0.25, 0.3) is 0 Å². The zero-order chi connectivity index (χ0) is 19.6. The lowest BCUT2D eigenvalue weighted by molar-refractivity contribution is -0.116. The van der Waals surface area contributed by atoms with Crippen LogP contribution in [0.2, 0.25) is 0 Å². The predicted octanol–water partition coefficient (Wildman–Crippen LogP) is 2.19. The molecule has 0 spiro atoms. The first kappa shape index (κ1) is 19.6. The standard InChI is InChI=1S/C17H21N3O5S/c1-10-5-11(2)20(19-10)12(3)6-16(21)18-14-7-13(17(22)23)8-15(9-14)26(4,24)25/h5,7-9,12H,6H2,1-4H3,(H,18,21)(H,22,23). The Bertz CT molecular complexity index is 963. The summed E-state index contributed by atoms with van der Waals surface area (Å²) in [5.41, 5.74) is 1.68. The summed E-state index contributed by atoms with van der Waals surface area (Å²) < 4.78 is 25.2. The molecule has 140 valence electrons. The minimum absolute atomic E-state index is 0.105. The fourth-order valence-corrected chi connectivity index (χ4v) is 3.35. The highest BCUT2D eigenvalue weighted by Crippen LogP contribution is 2.21. The Morgan fingerprint density at radius 3 is 2.38 bits per heavy atom. The van der Waals surface area contributed by atoms with Crippen molar-refractivity contribution < 1.29 is 23.1 Å². The maximum absolute atomic E-state index is 12.3. The Kier molecular flexibility index (Phi) is 5.50. The fraction of sp³-hybridized carbons (Fsp3) is 0.353. The molecule has 0 saturated heterocycles. The van der Waals surface area contributed by atoms with Crippen LogP contribution in [0, 0.1) is 13.8 Å². The molecule has 1 atom stereocenters. The van der Waals surface area contributed by atoms with Crippen LogP contribution < -0.4 is 5.32 Å². The molecule has 0 aliphatic carbocycles. The highest BCUT2D eigenvalue weighted by Gasteiger charge is 2.17. The maximum Gasteiger partial charge on any atom is 0.335 e. The van der Waals surface area contributed by atoms with E-state index in [1.54, 1.807) is 4.68 Å². The van der Waals surface area contributed by atoms with Gasteiger partial charge in [-0.2, -0.15) is 5.10 Å². The van der Waals surface area contributed by atoms with Crippen LogP contribution in [0.1, 0.15) is 41.1 Å². The van der Waals surface area contributed by atoms with Crippen molar-refractivity contribution in [2.45, 2.75) is 38.1 Å². The second-order valence-corrected chi connectivity index (χ2v) is 8.31. The molecule has 0 bridgehead atoms. The van der Waals surface area contributed by atoms with E-state index >= 15 is 0 Å². The van der Waals surface area contributed by atoms with Crippen molar-refractivity contribution in [2.75, 3.05) is 11.6 Å². The van der Waals surface area contributed by atoms with Gasteiger partial charge >= 0.3 is 5.97 Å². The van der Waals surface area contributed by atoms with Gasteiger partial charge in [0.15, 0.2) is 9.84 Å². The Morgan fingerprint density at radius 1 is 1.23 bits per heavy atom. The molecule has 0 aliphatic heterocycles. The first-order valence-corrected chi connectivity index (χ1v) is 9.77. The molecule has 26 heavy (non-hydrogen) atoms. The van der Waals surface area contributed by atoms with Crippen LogP contribution in [0.3, 0.4) is 0 Å². The van der Waals surface area contributed by atoms with Gasteiger partial charge in [0.2, 0.25) is 5.91 Å². The minimum atomic E-state index is -3.61. The minimum Gasteiger partial charge on any atom is -0.478 e. The number of nitrogens with one attached hydrogen (secondary N) is 1. The molecular weight excluding hydrogens is 358 g/mol. The number of aromatic carboxylic acids is 1. The normalized spacial score (nSPS) is 12.6. The molecule has 0 radical (unpaired) electrons. The zero-order valence-electron chi connectivity index (χ0n) is 15.0. The third kappa shape index (κ3) is 4.69. The van der Waals surface area contributed by atoms with Crippen LogP contribution in [0.5, 0.6) is 0 Å². The van der Waals surface area contributed by atoms with Gasteiger partial charge in [-0.1, -0.05) is 0 Å². The molecule has 1 unspecified atom stereocenters. The maximum atomic E-state index is 12.3. The molecule has 8 nitrogen and oxygen atoms in total. The summed E-state index contributed by atoms with van der Waals surface area (Å²) in [6, 6.07) is 5.23. The van der Waals surface area contributed by atoms with Crippen LogP contribution in [0.15, 0.2) is 29.2 Å². The summed E-state index contributed by atoms with van der Waals surface area (Å²) in [4.78, 5) is 23.3. The van der Waals surface area contributed by atoms with E-state index in [1.165, 1.54) is 12.1 Å². The number of nitrogens with zero attached hydrogens (tertiary/aromatic N) is 2. The van der Waals surface area contributed by atoms with E-state index in [0.29, 0.717) is 0 Å². The summed E-state index contributed by atoms with van der Waals surface area (Å²) in [6.07, 6.45) is 1.08. The Morgan fingerprint density at radius 2 is 1.88 bits per heavy atom. The number of aryl methyl sites for hydroxylation is 2. The van der Waals surface area contributed by atoms with Crippen molar-refractivity contribution >= 4 is 27.4 Å². The molecule has 2 rings (SSSR count). The number of carbonyl (C=O) groups excluding carboxylic acids is 1. The van der Waals surface area contributed by atoms with Crippen molar-refractivity contribution in [3.05, 3.63) is 41.2 Å². The predicted molar refractivity (Wildman–Crippen MR) is 96.2 cm³/mol. The highest BCUT2D eigenvalue weighted by molar-refractivity contribution is 7.90. The van der Waals surface area contributed by atoms with E-state index in [9.17, 15) is 18.0 Å². The third-order valence-electron chi connectivity index (χ3n) is 3.81. The number of aromatic nitrogens is 2. The van der Waals surface area contributed by atoms with Gasteiger partial charge in [-0.25, -0.2) is 13.2 Å². The number of benzene rings is 1. The SMILES string of the molecule is Cc1cc(C)n(C(C)CC(=O)Nc2cc(C(=O)O)cc(S(C)(=O)=O)c2)n1. The molecular formula is C17H21N3O5S. The van der Waals surface area contributed by atoms with Crippen molar-refractivity contribution in [1.82, 2.24) is 9.78 Å². The number of carboxylic acids is 1. The number of hydrogen-bond acceptors (Lipinski definition) is 5. The van der Waals surface area contributed by atoms with Crippen LogP contribution in [-0.4, -0.2) is 41.4 Å². The second kappa shape index (κ2) is 7.28. The number of carbonyl (C=O) groups is 2. The van der Waals surface area contributed by atoms with Gasteiger partial charge in [0.1, 0.15) is 0 Å². The second-order valence-electron chi connectivity index (χ2n) is 6.30. The smallest absolute Gasteiger partial charge is 0.335 e. The molecule has 1 aromatic heterocycles. The number of amides is 1. The van der Waals surface area contributed by atoms with Crippen LogP contribution in [0.4, 0.5) is 5.69 Å². The van der Waals surface area contributed by atoms with Crippen molar-refractivity contribution in [1.29, 1.82) is 0 Å². The van der Waals surface area contributed by atoms with Crippen LogP contribution in [-0.2, 0) is 14.6 Å². The lowest BCUT2D eigenvalue weighted by Crippen LogP contribution is -2.19. The van der Waals surface area contributed by atoms with Gasteiger partial charge < -0.3 is 10.4 Å². The number of anilines is 1. The van der Waals surface area contributed by atoms with E-state index in [0.717, 1.165) is 23.7 Å². The number of sulfone groups is 1. The molecule has 1 heterocycles. The summed E-state index contributed by atoms with van der Waals surface area (Å²) in [5, 5.41) is 16.0. The largest absolute Gasteiger partial charge is 0.478 e. The average molecular weight is 379 g/mol. The lowest BCUT2D eigenvalue weighted by atomic mass is 10.2. The van der Waals surface area contributed by atoms with E-state index in [2.05, 4.69) is 10.4 Å². The highest BCUT2D eigenvalue weighted by atomic mass is 32.2. The molecule has 9 heteroatoms. The summed E-state index contributed by atoms with van der Waals surface area (Å²) >= 11 is 0. The van der Waals surface area contributed by atoms with E-state index in [-0.39, 0.29) is 34.5 Å². The lowest BCUT2D eigenvalue weighted by Gasteiger charge is -2.15. The molecule has 0 aliphatic rings. The topological polar surface area (TPSA) is 118 Å². The Labute approximate surface area is 151 Å². The van der Waals surface area contributed by atoms with Gasteiger partial charge in [0, 0.05) is 24.1 Å². The summed E-state index contributed by atoms with van der Waals surface area (Å²) in [7, 11) is -3.61. The van der Waals surface area contributed by atoms with Crippen molar-refractivity contribution in [3.63, 3.8) is 0 Å². The summed E-state index contributed by atoms with van der Waals surface area (Å²) in [6.45, 7) is 5.60. The fourth-order valence-electron chi connectivity index (χ4n) is 2.67. The Hall–Kier alpha value is -2.68. The molecule has 1 aromatic carbocycles. The molecule has 0 fully saturated rings. The monoisotopic (exact) mass is 379 g/mol. The van der Waals surface area contributed by atoms with Gasteiger partial charge in [-0.05, 0) is 45.0 Å². The van der Waals surface area contributed by atoms with Crippen LogP contribution in [0.25, 0.3) is 0 Å². The zero-order valence-corrected chi connectivity index (χ0v) is 15.8. The molecule has 2 N–H and O–H groups in total. The third-order valence-corrected chi connectivity index (χ3v) is 4.90. The average Bonchev–Trinajstić information content (AvgIpc) is 2.84. The Balaban J connectivity index is 2.21. The van der Waals surface area contributed by atoms with Gasteiger partial charge in [-0.3, -0.25) is 9.48 Å². The molecule has 0 saturated carbocycles. The first-order valence-electron chi connectivity index (χ1n) is 7.88. The number of carboxylic acid groups (broad SMARTS) is 1. The number of rotatable bonds is 6. The van der Waals surface area contributed by atoms with Crippen molar-refractivity contribution in [2.24, 2.45) is 0 Å². The molecule has 1 amide bonds. The van der Waals surface area contributed by atoms with Crippen molar-refractivity contribution in [3.8, 4) is 0 Å². The van der Waals surface area contributed by atoms with Gasteiger partial charge in [0.05, 0.1) is 22.2 Å². The quantitative estimate of drug-likeness (QED) is 0.794. The van der Waals surface area contributed by atoms with E-state index in [4.69, 9.17) is 5.11 Å². The molecule has 2 aromatic rings. The number of hydrogen-bond donors (Lipinski definition) is 2. The van der Waals surface area contributed by atoms with Gasteiger partial charge in [-0.15, -0.1) is 0 Å². The van der Waals surface area contributed by atoms with E-state index < -0.39 is 15.8 Å². The summed E-state index contributed by atoms with van der Waals surface area (Å²) in [5.74, 6) is -1.64.